The molecule has 0 aliphatic carbocycles. The van der Waals surface area contributed by atoms with Gasteiger partial charge in [0.05, 0.1) is 6.04 Å². The highest BCUT2D eigenvalue weighted by molar-refractivity contribution is 5.69. The zero-order valence-corrected chi connectivity index (χ0v) is 14.0. The molecule has 0 radical (unpaired) electrons. The molecular weight excluding hydrogens is 299 g/mol. The maximum atomic E-state index is 13.6. The number of likely N-dealkylation sites (tertiary alicyclic amines) is 1. The average Bonchev–Trinajstić information content (AvgIpc) is 2.70. The molecular formula is C15H26F3NO3. The van der Waals surface area contributed by atoms with Gasteiger partial charge in [-0.1, -0.05) is 20.8 Å². The van der Waals surface area contributed by atoms with Gasteiger partial charge in [-0.25, -0.2) is 4.79 Å². The van der Waals surface area contributed by atoms with E-state index in [0.717, 1.165) is 4.90 Å². The summed E-state index contributed by atoms with van der Waals surface area (Å²) in [6.45, 7) is 9.07. The van der Waals surface area contributed by atoms with Crippen molar-refractivity contribution in [3.8, 4) is 0 Å². The van der Waals surface area contributed by atoms with Crippen LogP contribution in [0.25, 0.3) is 0 Å². The lowest BCUT2D eigenvalue weighted by atomic mass is 9.70. The van der Waals surface area contributed by atoms with E-state index in [1.807, 2.05) is 0 Å². The van der Waals surface area contributed by atoms with E-state index in [9.17, 15) is 23.1 Å². The third kappa shape index (κ3) is 3.50. The fraction of sp³-hybridized carbons (Fsp3) is 0.933. The van der Waals surface area contributed by atoms with E-state index < -0.39 is 34.9 Å². The molecule has 22 heavy (non-hydrogen) atoms. The molecule has 4 nitrogen and oxygen atoms in total. The zero-order chi connectivity index (χ0) is 17.6. The SMILES string of the molecule is CC(C)(C)OC(=O)N1CCC[C@H]1[C@@](O)(C(C)(C)C)C(F)(F)F. The predicted octanol–water partition coefficient (Wildman–Crippen LogP) is 3.73. The molecule has 0 aromatic heterocycles. The molecule has 130 valence electrons. The first-order valence-corrected chi connectivity index (χ1v) is 7.40. The summed E-state index contributed by atoms with van der Waals surface area (Å²) in [6, 6.07) is -1.35. The highest BCUT2D eigenvalue weighted by Crippen LogP contribution is 2.49. The van der Waals surface area contributed by atoms with Gasteiger partial charge in [0.2, 0.25) is 0 Å². The van der Waals surface area contributed by atoms with Crippen LogP contribution in [-0.2, 0) is 4.74 Å². The van der Waals surface area contributed by atoms with E-state index in [4.69, 9.17) is 4.74 Å². The van der Waals surface area contributed by atoms with Crippen LogP contribution in [0.3, 0.4) is 0 Å². The third-order valence-electron chi connectivity index (χ3n) is 3.94. The molecule has 1 saturated heterocycles. The Morgan fingerprint density at radius 1 is 1.14 bits per heavy atom. The van der Waals surface area contributed by atoms with E-state index in [1.54, 1.807) is 20.8 Å². The number of hydrogen-bond acceptors (Lipinski definition) is 3. The lowest BCUT2D eigenvalue weighted by Gasteiger charge is -2.47. The Bertz CT molecular complexity index is 407. The van der Waals surface area contributed by atoms with Crippen molar-refractivity contribution < 1.29 is 27.8 Å². The highest BCUT2D eigenvalue weighted by Gasteiger charge is 2.67. The number of nitrogens with zero attached hydrogens (tertiary/aromatic N) is 1. The number of hydrogen-bond donors (Lipinski definition) is 1. The van der Waals surface area contributed by atoms with Crippen LogP contribution in [0.4, 0.5) is 18.0 Å². The van der Waals surface area contributed by atoms with Crippen molar-refractivity contribution in [3.63, 3.8) is 0 Å². The van der Waals surface area contributed by atoms with Gasteiger partial charge in [0, 0.05) is 12.0 Å². The minimum atomic E-state index is -4.85. The topological polar surface area (TPSA) is 49.8 Å². The molecule has 0 spiro atoms. The Morgan fingerprint density at radius 2 is 1.64 bits per heavy atom. The van der Waals surface area contributed by atoms with Gasteiger partial charge in [0.1, 0.15) is 5.60 Å². The van der Waals surface area contributed by atoms with Gasteiger partial charge >= 0.3 is 12.3 Å². The summed E-state index contributed by atoms with van der Waals surface area (Å²) in [6.07, 6.45) is -5.17. The summed E-state index contributed by atoms with van der Waals surface area (Å²) in [7, 11) is 0. The standard InChI is InChI=1S/C15H26F3NO3/c1-12(2,3)14(21,15(16,17)18)10-8-7-9-19(10)11(20)22-13(4,5)6/h10,21H,7-9H2,1-6H3/t10-,14+/m0/s1. The molecule has 0 bridgehead atoms. The summed E-state index contributed by atoms with van der Waals surface area (Å²) in [5.41, 5.74) is -5.27. The molecule has 1 N–H and O–H groups in total. The van der Waals surface area contributed by atoms with E-state index >= 15 is 0 Å². The van der Waals surface area contributed by atoms with Crippen molar-refractivity contribution in [2.24, 2.45) is 5.41 Å². The van der Waals surface area contributed by atoms with Gasteiger partial charge in [-0.3, -0.25) is 0 Å². The number of aliphatic hydroxyl groups is 1. The predicted molar refractivity (Wildman–Crippen MR) is 76.4 cm³/mol. The summed E-state index contributed by atoms with van der Waals surface area (Å²) < 4.78 is 46.0. The van der Waals surface area contributed by atoms with Crippen molar-refractivity contribution in [3.05, 3.63) is 0 Å². The second kappa shape index (κ2) is 5.58. The first-order valence-electron chi connectivity index (χ1n) is 7.40. The zero-order valence-electron chi connectivity index (χ0n) is 14.0. The fourth-order valence-corrected chi connectivity index (χ4v) is 2.85. The number of ether oxygens (including phenoxy) is 1. The molecule has 7 heteroatoms. The van der Waals surface area contributed by atoms with E-state index in [0.29, 0.717) is 6.42 Å². The lowest BCUT2D eigenvalue weighted by molar-refractivity contribution is -0.311. The quantitative estimate of drug-likeness (QED) is 0.799. The Hall–Kier alpha value is -0.980. The van der Waals surface area contributed by atoms with Gasteiger partial charge in [-0.05, 0) is 33.6 Å². The Balaban J connectivity index is 3.18. The van der Waals surface area contributed by atoms with Gasteiger partial charge < -0.3 is 14.7 Å². The van der Waals surface area contributed by atoms with Crippen LogP contribution in [0.2, 0.25) is 0 Å². The average molecular weight is 325 g/mol. The highest BCUT2D eigenvalue weighted by atomic mass is 19.4. The maximum Gasteiger partial charge on any atom is 0.419 e. The Labute approximate surface area is 129 Å². The molecule has 1 rings (SSSR count). The van der Waals surface area contributed by atoms with E-state index in [1.165, 1.54) is 20.8 Å². The number of halogens is 3. The molecule has 0 unspecified atom stereocenters. The van der Waals surface area contributed by atoms with Crippen molar-refractivity contribution >= 4 is 6.09 Å². The van der Waals surface area contributed by atoms with Crippen LogP contribution in [0.15, 0.2) is 0 Å². The molecule has 1 fully saturated rings. The normalized spacial score (nSPS) is 23.4. The first-order chi connectivity index (χ1) is 9.61. The van der Waals surface area contributed by atoms with Crippen LogP contribution in [0, 0.1) is 5.41 Å². The molecule has 2 atom stereocenters. The van der Waals surface area contributed by atoms with Crippen LogP contribution < -0.4 is 0 Å². The molecule has 0 saturated carbocycles. The van der Waals surface area contributed by atoms with Gasteiger partial charge in [0.15, 0.2) is 5.60 Å². The van der Waals surface area contributed by atoms with Crippen LogP contribution in [-0.4, -0.2) is 46.1 Å². The minimum Gasteiger partial charge on any atom is -0.444 e. The number of carbonyl (C=O) groups is 1. The monoisotopic (exact) mass is 325 g/mol. The van der Waals surface area contributed by atoms with Crippen molar-refractivity contribution in [1.82, 2.24) is 4.90 Å². The number of alkyl halides is 3. The number of carbonyl (C=O) groups excluding carboxylic acids is 1. The van der Waals surface area contributed by atoms with Gasteiger partial charge in [0.25, 0.3) is 0 Å². The summed E-state index contributed by atoms with van der Waals surface area (Å²) >= 11 is 0. The summed E-state index contributed by atoms with van der Waals surface area (Å²) in [4.78, 5) is 13.2. The van der Waals surface area contributed by atoms with Gasteiger partial charge in [-0.2, -0.15) is 13.2 Å². The third-order valence-corrected chi connectivity index (χ3v) is 3.94. The van der Waals surface area contributed by atoms with Gasteiger partial charge in [-0.15, -0.1) is 0 Å². The molecule has 1 amide bonds. The Kier molecular flexibility index (Phi) is 4.84. The molecule has 0 aromatic carbocycles. The lowest BCUT2D eigenvalue weighted by Crippen LogP contribution is -2.66. The largest absolute Gasteiger partial charge is 0.444 e. The number of amides is 1. The second-order valence-electron chi connectivity index (χ2n) is 7.85. The fourth-order valence-electron chi connectivity index (χ4n) is 2.85. The Morgan fingerprint density at radius 3 is 2.00 bits per heavy atom. The van der Waals surface area contributed by atoms with Crippen LogP contribution >= 0.6 is 0 Å². The molecule has 1 aliphatic heterocycles. The summed E-state index contributed by atoms with van der Waals surface area (Å²) in [5, 5.41) is 10.5. The molecule has 1 aliphatic rings. The maximum absolute atomic E-state index is 13.6. The summed E-state index contributed by atoms with van der Waals surface area (Å²) in [5.74, 6) is 0. The van der Waals surface area contributed by atoms with Crippen molar-refractivity contribution in [1.29, 1.82) is 0 Å². The van der Waals surface area contributed by atoms with Crippen LogP contribution in [0.5, 0.6) is 0 Å². The molecule has 1 heterocycles. The van der Waals surface area contributed by atoms with E-state index in [2.05, 4.69) is 0 Å². The molecule has 0 aromatic rings. The van der Waals surface area contributed by atoms with Crippen LogP contribution in [0.1, 0.15) is 54.4 Å². The van der Waals surface area contributed by atoms with Crippen molar-refractivity contribution in [2.45, 2.75) is 77.8 Å². The minimum absolute atomic E-state index is 0.0898. The van der Waals surface area contributed by atoms with Crippen molar-refractivity contribution in [2.75, 3.05) is 6.54 Å². The number of rotatable bonds is 1. The first kappa shape index (κ1) is 19.1. The second-order valence-corrected chi connectivity index (χ2v) is 7.85. The van der Waals surface area contributed by atoms with E-state index in [-0.39, 0.29) is 13.0 Å². The smallest absolute Gasteiger partial charge is 0.419 e.